The first-order valence-electron chi connectivity index (χ1n) is 9.97. The molecule has 3 aromatic rings. The number of nitrogens with one attached hydrogen (secondary N) is 2. The van der Waals surface area contributed by atoms with E-state index in [0.29, 0.717) is 12.3 Å². The summed E-state index contributed by atoms with van der Waals surface area (Å²) in [5, 5.41) is 7.15. The quantitative estimate of drug-likeness (QED) is 0.401. The summed E-state index contributed by atoms with van der Waals surface area (Å²) in [7, 11) is 1.26. The molecule has 11 heteroatoms. The van der Waals surface area contributed by atoms with Gasteiger partial charge in [0, 0.05) is 24.6 Å². The Labute approximate surface area is 181 Å². The molecule has 1 fully saturated rings. The number of amides is 1. The molecule has 0 saturated carbocycles. The average molecular weight is 449 g/mol. The number of aromatic nitrogens is 1. The standard InChI is InChI=1S/C21H22F3N5O3/c1-28(20(25)26)19(30)17-10-14-15(21(22,23)24)8-13(9-16(14)27-17)32-18-5-4-12(31-18)11-29-6-2-3-7-29/h4-5,8-10,27H,2-3,6-7,11H2,1H3,(H3,25,26). The van der Waals surface area contributed by atoms with Crippen LogP contribution in [-0.4, -0.2) is 46.8 Å². The summed E-state index contributed by atoms with van der Waals surface area (Å²) in [6.45, 7) is 2.58. The molecule has 2 aromatic heterocycles. The molecule has 32 heavy (non-hydrogen) atoms. The fraction of sp³-hybridized carbons (Fsp3) is 0.333. The lowest BCUT2D eigenvalue weighted by Gasteiger charge is -2.12. The lowest BCUT2D eigenvalue weighted by atomic mass is 10.1. The lowest BCUT2D eigenvalue weighted by Crippen LogP contribution is -2.38. The van der Waals surface area contributed by atoms with Gasteiger partial charge < -0.3 is 19.9 Å². The van der Waals surface area contributed by atoms with Gasteiger partial charge >= 0.3 is 6.18 Å². The Bertz CT molecular complexity index is 1160. The highest BCUT2D eigenvalue weighted by Gasteiger charge is 2.34. The van der Waals surface area contributed by atoms with Gasteiger partial charge in [0.2, 0.25) is 0 Å². The molecule has 0 radical (unpaired) electrons. The maximum absolute atomic E-state index is 13.7. The monoisotopic (exact) mass is 449 g/mol. The third-order valence-electron chi connectivity index (χ3n) is 5.35. The number of ether oxygens (including phenoxy) is 1. The summed E-state index contributed by atoms with van der Waals surface area (Å²) in [4.78, 5) is 18.1. The van der Waals surface area contributed by atoms with E-state index in [1.165, 1.54) is 13.1 Å². The first-order valence-corrected chi connectivity index (χ1v) is 9.97. The van der Waals surface area contributed by atoms with Crippen LogP contribution >= 0.6 is 0 Å². The zero-order valence-corrected chi connectivity index (χ0v) is 17.3. The summed E-state index contributed by atoms with van der Waals surface area (Å²) in [5.74, 6) is -0.615. The fourth-order valence-electron chi connectivity index (χ4n) is 3.69. The molecule has 1 aromatic carbocycles. The predicted octanol–water partition coefficient (Wildman–Crippen LogP) is 4.13. The third-order valence-corrected chi connectivity index (χ3v) is 5.35. The molecule has 1 amide bonds. The van der Waals surface area contributed by atoms with E-state index < -0.39 is 23.6 Å². The number of hydrogen-bond donors (Lipinski definition) is 3. The number of halogens is 3. The van der Waals surface area contributed by atoms with Crippen molar-refractivity contribution in [2.24, 2.45) is 5.73 Å². The second-order valence-electron chi connectivity index (χ2n) is 7.67. The molecule has 170 valence electrons. The molecule has 3 heterocycles. The van der Waals surface area contributed by atoms with Gasteiger partial charge in [-0.25, -0.2) is 0 Å². The topological polar surface area (TPSA) is 112 Å². The summed E-state index contributed by atoms with van der Waals surface area (Å²) >= 11 is 0. The van der Waals surface area contributed by atoms with E-state index in [2.05, 4.69) is 9.88 Å². The van der Waals surface area contributed by atoms with Gasteiger partial charge in [0.05, 0.1) is 17.6 Å². The number of nitrogens with zero attached hydrogens (tertiary/aromatic N) is 2. The number of rotatable bonds is 5. The lowest BCUT2D eigenvalue weighted by molar-refractivity contribution is -0.136. The molecule has 1 aliphatic heterocycles. The zero-order chi connectivity index (χ0) is 23.0. The Morgan fingerprint density at radius 3 is 2.66 bits per heavy atom. The number of furan rings is 1. The Morgan fingerprint density at radius 2 is 2.00 bits per heavy atom. The fourth-order valence-corrected chi connectivity index (χ4v) is 3.69. The highest BCUT2D eigenvalue weighted by Crippen LogP contribution is 2.39. The zero-order valence-electron chi connectivity index (χ0n) is 17.3. The number of carbonyl (C=O) groups excluding carboxylic acids is 1. The number of carbonyl (C=O) groups is 1. The first kappa shape index (κ1) is 21.8. The van der Waals surface area contributed by atoms with Crippen LogP contribution in [0.4, 0.5) is 13.2 Å². The van der Waals surface area contributed by atoms with Crippen molar-refractivity contribution in [1.82, 2.24) is 14.8 Å². The molecule has 0 bridgehead atoms. The van der Waals surface area contributed by atoms with E-state index in [1.54, 1.807) is 12.1 Å². The van der Waals surface area contributed by atoms with E-state index in [9.17, 15) is 18.0 Å². The minimum atomic E-state index is -4.68. The Kier molecular flexibility index (Phi) is 5.59. The molecular weight excluding hydrogens is 427 g/mol. The molecular formula is C21H22F3N5O3. The molecule has 4 N–H and O–H groups in total. The first-order chi connectivity index (χ1) is 15.1. The van der Waals surface area contributed by atoms with Gasteiger partial charge in [0.1, 0.15) is 17.2 Å². The van der Waals surface area contributed by atoms with Crippen molar-refractivity contribution in [3.63, 3.8) is 0 Å². The van der Waals surface area contributed by atoms with Gasteiger partial charge in [-0.1, -0.05) is 0 Å². The number of aromatic amines is 1. The minimum absolute atomic E-state index is 0.0546. The van der Waals surface area contributed by atoms with Crippen LogP contribution in [0, 0.1) is 5.41 Å². The number of nitrogens with two attached hydrogens (primary N) is 1. The van der Waals surface area contributed by atoms with Crippen LogP contribution in [0.2, 0.25) is 0 Å². The van der Waals surface area contributed by atoms with Crippen LogP contribution in [0.15, 0.2) is 34.7 Å². The highest BCUT2D eigenvalue weighted by molar-refractivity contribution is 6.06. The molecule has 0 spiro atoms. The van der Waals surface area contributed by atoms with Gasteiger partial charge in [-0.05, 0) is 44.1 Å². The number of likely N-dealkylation sites (tertiary alicyclic amines) is 1. The number of alkyl halides is 3. The second kappa shape index (κ2) is 8.23. The van der Waals surface area contributed by atoms with Gasteiger partial charge in [0.25, 0.3) is 11.9 Å². The van der Waals surface area contributed by atoms with Gasteiger partial charge in [-0.15, -0.1) is 0 Å². The van der Waals surface area contributed by atoms with Gasteiger partial charge in [-0.3, -0.25) is 20.0 Å². The summed E-state index contributed by atoms with van der Waals surface area (Å²) in [5.41, 5.74) is 4.25. The number of guanidine groups is 1. The molecule has 0 atom stereocenters. The molecule has 1 saturated heterocycles. The van der Waals surface area contributed by atoms with Gasteiger partial charge in [-0.2, -0.15) is 13.2 Å². The number of hydrogen-bond acceptors (Lipinski definition) is 5. The Morgan fingerprint density at radius 1 is 1.28 bits per heavy atom. The van der Waals surface area contributed by atoms with Crippen molar-refractivity contribution in [3.05, 3.63) is 47.3 Å². The second-order valence-corrected chi connectivity index (χ2v) is 7.67. The molecule has 4 rings (SSSR count). The maximum Gasteiger partial charge on any atom is 0.417 e. The van der Waals surface area contributed by atoms with E-state index in [-0.39, 0.29) is 28.3 Å². The van der Waals surface area contributed by atoms with E-state index >= 15 is 0 Å². The van der Waals surface area contributed by atoms with Crippen molar-refractivity contribution in [2.45, 2.75) is 25.6 Å². The van der Waals surface area contributed by atoms with Crippen LogP contribution in [0.25, 0.3) is 10.9 Å². The van der Waals surface area contributed by atoms with Crippen molar-refractivity contribution in [2.75, 3.05) is 20.1 Å². The van der Waals surface area contributed by atoms with Crippen molar-refractivity contribution in [1.29, 1.82) is 5.41 Å². The van der Waals surface area contributed by atoms with Crippen LogP contribution in [-0.2, 0) is 12.7 Å². The Balaban J connectivity index is 1.64. The van der Waals surface area contributed by atoms with E-state index in [0.717, 1.165) is 43.0 Å². The summed E-state index contributed by atoms with van der Waals surface area (Å²) in [6, 6.07) is 6.61. The van der Waals surface area contributed by atoms with Crippen molar-refractivity contribution >= 4 is 22.8 Å². The Hall–Kier alpha value is -3.47. The van der Waals surface area contributed by atoms with Crippen LogP contribution < -0.4 is 10.5 Å². The number of fused-ring (bicyclic) bond motifs is 1. The molecule has 0 aliphatic carbocycles. The van der Waals surface area contributed by atoms with Crippen LogP contribution in [0.5, 0.6) is 11.7 Å². The smallest absolute Gasteiger partial charge is 0.417 e. The van der Waals surface area contributed by atoms with Gasteiger partial charge in [0.15, 0.2) is 5.96 Å². The maximum atomic E-state index is 13.7. The van der Waals surface area contributed by atoms with Crippen LogP contribution in [0.1, 0.15) is 34.7 Å². The normalized spacial score (nSPS) is 14.8. The number of H-pyrrole nitrogens is 1. The molecule has 0 unspecified atom stereocenters. The largest absolute Gasteiger partial charge is 0.429 e. The molecule has 1 aliphatic rings. The summed E-state index contributed by atoms with van der Waals surface area (Å²) < 4.78 is 52.4. The highest BCUT2D eigenvalue weighted by atomic mass is 19.4. The van der Waals surface area contributed by atoms with Crippen molar-refractivity contribution < 1.29 is 27.1 Å². The number of benzene rings is 1. The predicted molar refractivity (Wildman–Crippen MR) is 111 cm³/mol. The van der Waals surface area contributed by atoms with E-state index in [4.69, 9.17) is 20.3 Å². The average Bonchev–Trinajstić information content (AvgIpc) is 3.47. The summed E-state index contributed by atoms with van der Waals surface area (Å²) in [6.07, 6.45) is -2.42. The van der Waals surface area contributed by atoms with Crippen LogP contribution in [0.3, 0.4) is 0 Å². The minimum Gasteiger partial charge on any atom is -0.429 e. The van der Waals surface area contributed by atoms with Crippen molar-refractivity contribution in [3.8, 4) is 11.7 Å². The SMILES string of the molecule is CN(C(=N)N)C(=O)c1cc2c(C(F)(F)F)cc(Oc3ccc(CN4CCCC4)o3)cc2[nH]1. The molecule has 8 nitrogen and oxygen atoms in total. The van der Waals surface area contributed by atoms with E-state index in [1.807, 2.05) is 0 Å². The third kappa shape index (κ3) is 4.42.